The zero-order chi connectivity index (χ0) is 14.1. The Kier molecular flexibility index (Phi) is 3.45. The van der Waals surface area contributed by atoms with Crippen molar-refractivity contribution in [1.29, 1.82) is 0 Å². The molecule has 0 unspecified atom stereocenters. The van der Waals surface area contributed by atoms with E-state index in [0.717, 1.165) is 28.0 Å². The van der Waals surface area contributed by atoms with Crippen molar-refractivity contribution in [2.45, 2.75) is 19.3 Å². The maximum atomic E-state index is 13.3. The van der Waals surface area contributed by atoms with Gasteiger partial charge in [0.05, 0.1) is 16.9 Å². The first kappa shape index (κ1) is 13.1. The summed E-state index contributed by atoms with van der Waals surface area (Å²) in [5, 5.41) is 0. The maximum Gasteiger partial charge on any atom is 0.125 e. The van der Waals surface area contributed by atoms with E-state index in [2.05, 4.69) is 4.98 Å². The molecule has 0 saturated heterocycles. The minimum Gasteiger partial charge on any atom is -0.322 e. The molecule has 0 aliphatic rings. The fourth-order valence-electron chi connectivity index (χ4n) is 2.43. The third-order valence-electron chi connectivity index (χ3n) is 3.41. The topological polar surface area (TPSA) is 17.8 Å². The van der Waals surface area contributed by atoms with Crippen molar-refractivity contribution in [3.8, 4) is 0 Å². The molecule has 3 rings (SSSR count). The smallest absolute Gasteiger partial charge is 0.125 e. The number of alkyl halides is 1. The molecule has 4 heteroatoms. The summed E-state index contributed by atoms with van der Waals surface area (Å²) in [6, 6.07) is 12.7. The fraction of sp³-hybridized carbons (Fsp3) is 0.188. The Morgan fingerprint density at radius 2 is 2.00 bits per heavy atom. The van der Waals surface area contributed by atoms with Crippen molar-refractivity contribution in [3.05, 3.63) is 65.2 Å². The van der Waals surface area contributed by atoms with Gasteiger partial charge in [-0.25, -0.2) is 9.37 Å². The molecule has 0 radical (unpaired) electrons. The molecule has 0 atom stereocenters. The highest BCUT2D eigenvalue weighted by Crippen LogP contribution is 2.22. The third kappa shape index (κ3) is 2.29. The van der Waals surface area contributed by atoms with Crippen LogP contribution >= 0.6 is 11.6 Å². The van der Waals surface area contributed by atoms with Crippen LogP contribution in [-0.2, 0) is 12.4 Å². The van der Waals surface area contributed by atoms with Gasteiger partial charge in [-0.15, -0.1) is 11.6 Å². The van der Waals surface area contributed by atoms with Crippen LogP contribution in [0.15, 0.2) is 42.5 Å². The quantitative estimate of drug-likeness (QED) is 0.658. The lowest BCUT2D eigenvalue weighted by Crippen LogP contribution is -2.04. The van der Waals surface area contributed by atoms with Crippen LogP contribution in [0.4, 0.5) is 4.39 Å². The molecule has 1 heterocycles. The second-order valence-corrected chi connectivity index (χ2v) is 5.09. The Labute approximate surface area is 121 Å². The molecule has 0 bridgehead atoms. The second-order valence-electron chi connectivity index (χ2n) is 4.82. The summed E-state index contributed by atoms with van der Waals surface area (Å²) in [5.74, 6) is 0.916. The molecular formula is C16H14ClFN2. The van der Waals surface area contributed by atoms with Crippen molar-refractivity contribution >= 4 is 22.6 Å². The summed E-state index contributed by atoms with van der Waals surface area (Å²) in [6.07, 6.45) is 0. The Morgan fingerprint density at radius 1 is 1.20 bits per heavy atom. The van der Waals surface area contributed by atoms with E-state index in [9.17, 15) is 4.39 Å². The lowest BCUT2D eigenvalue weighted by Gasteiger charge is -2.08. The van der Waals surface area contributed by atoms with E-state index in [4.69, 9.17) is 11.6 Å². The molecule has 0 amide bonds. The van der Waals surface area contributed by atoms with Gasteiger partial charge in [-0.05, 0) is 36.2 Å². The molecule has 0 aliphatic heterocycles. The van der Waals surface area contributed by atoms with Gasteiger partial charge in [0.1, 0.15) is 11.6 Å². The molecule has 0 fully saturated rings. The van der Waals surface area contributed by atoms with Crippen LogP contribution in [0.2, 0.25) is 0 Å². The van der Waals surface area contributed by atoms with Gasteiger partial charge >= 0.3 is 0 Å². The van der Waals surface area contributed by atoms with Crippen molar-refractivity contribution in [1.82, 2.24) is 9.55 Å². The Balaban J connectivity index is 2.12. The minimum absolute atomic E-state index is 0.226. The van der Waals surface area contributed by atoms with Crippen LogP contribution < -0.4 is 0 Å². The molecule has 0 aliphatic carbocycles. The summed E-state index contributed by atoms with van der Waals surface area (Å²) in [4.78, 5) is 4.59. The van der Waals surface area contributed by atoms with Crippen molar-refractivity contribution in [2.24, 2.45) is 0 Å². The zero-order valence-electron chi connectivity index (χ0n) is 11.1. The molecule has 2 nitrogen and oxygen atoms in total. The van der Waals surface area contributed by atoms with Gasteiger partial charge < -0.3 is 4.57 Å². The first-order chi connectivity index (χ1) is 9.69. The van der Waals surface area contributed by atoms with Crippen LogP contribution in [0.25, 0.3) is 11.0 Å². The van der Waals surface area contributed by atoms with E-state index in [1.54, 1.807) is 12.1 Å². The van der Waals surface area contributed by atoms with Gasteiger partial charge in [-0.2, -0.15) is 0 Å². The molecular weight excluding hydrogens is 275 g/mol. The van der Waals surface area contributed by atoms with Crippen LogP contribution in [0.1, 0.15) is 17.0 Å². The molecule has 0 saturated carbocycles. The summed E-state index contributed by atoms with van der Waals surface area (Å²) in [6.45, 7) is 2.60. The summed E-state index contributed by atoms with van der Waals surface area (Å²) >= 11 is 6.00. The van der Waals surface area contributed by atoms with Gasteiger partial charge in [0.2, 0.25) is 0 Å². The van der Waals surface area contributed by atoms with Crippen LogP contribution in [0.3, 0.4) is 0 Å². The number of hydrogen-bond acceptors (Lipinski definition) is 1. The first-order valence-corrected chi connectivity index (χ1v) is 6.97. The SMILES string of the molecule is Cc1cccc2c1nc(CCl)n2Cc1cccc(F)c1. The average molecular weight is 289 g/mol. The van der Waals surface area contributed by atoms with Gasteiger partial charge in [-0.3, -0.25) is 0 Å². The highest BCUT2D eigenvalue weighted by molar-refractivity contribution is 6.16. The van der Waals surface area contributed by atoms with Crippen LogP contribution in [-0.4, -0.2) is 9.55 Å². The van der Waals surface area contributed by atoms with E-state index < -0.39 is 0 Å². The average Bonchev–Trinajstić information content (AvgIpc) is 2.79. The number of nitrogens with zero attached hydrogens (tertiary/aromatic N) is 2. The Morgan fingerprint density at radius 3 is 2.75 bits per heavy atom. The number of imidazole rings is 1. The van der Waals surface area contributed by atoms with E-state index in [0.29, 0.717) is 12.4 Å². The fourth-order valence-corrected chi connectivity index (χ4v) is 2.64. The van der Waals surface area contributed by atoms with Crippen molar-refractivity contribution in [2.75, 3.05) is 0 Å². The van der Waals surface area contributed by atoms with Gasteiger partial charge in [0.25, 0.3) is 0 Å². The monoisotopic (exact) mass is 288 g/mol. The van der Waals surface area contributed by atoms with E-state index >= 15 is 0 Å². The van der Waals surface area contributed by atoms with Gasteiger partial charge in [0.15, 0.2) is 0 Å². The zero-order valence-corrected chi connectivity index (χ0v) is 11.9. The number of benzene rings is 2. The standard InChI is InChI=1S/C16H14ClFN2/c1-11-4-2-7-14-16(11)19-15(9-17)20(14)10-12-5-3-6-13(18)8-12/h2-8H,9-10H2,1H3. The Bertz CT molecular complexity index is 764. The number of aryl methyl sites for hydroxylation is 1. The predicted molar refractivity (Wildman–Crippen MR) is 79.5 cm³/mol. The van der Waals surface area contributed by atoms with Crippen molar-refractivity contribution < 1.29 is 4.39 Å². The van der Waals surface area contributed by atoms with Gasteiger partial charge in [-0.1, -0.05) is 24.3 Å². The van der Waals surface area contributed by atoms with E-state index in [1.165, 1.54) is 6.07 Å². The van der Waals surface area contributed by atoms with Crippen LogP contribution in [0.5, 0.6) is 0 Å². The number of hydrogen-bond donors (Lipinski definition) is 0. The van der Waals surface area contributed by atoms with E-state index in [-0.39, 0.29) is 5.82 Å². The molecule has 1 aromatic heterocycles. The largest absolute Gasteiger partial charge is 0.322 e. The number of para-hydroxylation sites is 1. The molecule has 0 spiro atoms. The minimum atomic E-state index is -0.226. The third-order valence-corrected chi connectivity index (χ3v) is 3.65. The number of rotatable bonds is 3. The highest BCUT2D eigenvalue weighted by atomic mass is 35.5. The normalized spacial score (nSPS) is 11.2. The molecule has 0 N–H and O–H groups in total. The lowest BCUT2D eigenvalue weighted by molar-refractivity contribution is 0.623. The lowest BCUT2D eigenvalue weighted by atomic mass is 10.2. The molecule has 20 heavy (non-hydrogen) atoms. The number of fused-ring (bicyclic) bond motifs is 1. The van der Waals surface area contributed by atoms with Crippen LogP contribution in [0, 0.1) is 12.7 Å². The first-order valence-electron chi connectivity index (χ1n) is 6.44. The predicted octanol–water partition coefficient (Wildman–Crippen LogP) is 4.27. The number of aromatic nitrogens is 2. The second kappa shape index (κ2) is 5.25. The van der Waals surface area contributed by atoms with E-state index in [1.807, 2.05) is 35.8 Å². The van der Waals surface area contributed by atoms with Crippen molar-refractivity contribution in [3.63, 3.8) is 0 Å². The molecule has 2 aromatic carbocycles. The van der Waals surface area contributed by atoms with Gasteiger partial charge in [0, 0.05) is 6.54 Å². The maximum absolute atomic E-state index is 13.3. The molecule has 102 valence electrons. The Hall–Kier alpha value is -1.87. The summed E-state index contributed by atoms with van der Waals surface area (Å²) in [7, 11) is 0. The molecule has 3 aromatic rings. The highest BCUT2D eigenvalue weighted by Gasteiger charge is 2.11. The number of halogens is 2. The summed E-state index contributed by atoms with van der Waals surface area (Å²) in [5.41, 5.74) is 4.01. The summed E-state index contributed by atoms with van der Waals surface area (Å²) < 4.78 is 15.4.